The highest BCUT2D eigenvalue weighted by atomic mass is 79.9. The molecule has 3 N–H and O–H groups in total. The third-order valence-electron chi connectivity index (χ3n) is 2.59. The highest BCUT2D eigenvalue weighted by Crippen LogP contribution is 2.27. The number of carboxylic acids is 1. The number of hydrogen-bond donors (Lipinski definition) is 3. The van der Waals surface area contributed by atoms with Gasteiger partial charge in [-0.1, -0.05) is 0 Å². The molecule has 2 rings (SSSR count). The monoisotopic (exact) mass is 339 g/mol. The highest BCUT2D eigenvalue weighted by Gasteiger charge is 2.16. The van der Waals surface area contributed by atoms with Crippen LogP contribution in [0, 0.1) is 6.92 Å². The lowest BCUT2D eigenvalue weighted by molar-refractivity contribution is 0.0693. The quantitative estimate of drug-likeness (QED) is 0.746. The van der Waals surface area contributed by atoms with Gasteiger partial charge in [-0.2, -0.15) is 0 Å². The number of phenols is 1. The van der Waals surface area contributed by atoms with Crippen molar-refractivity contribution >= 4 is 33.5 Å². The first-order valence-electron chi connectivity index (χ1n) is 5.52. The minimum Gasteiger partial charge on any atom is -0.507 e. The molecule has 0 aliphatic carbocycles. The Balaban J connectivity index is 2.30. The van der Waals surface area contributed by atoms with E-state index in [1.807, 2.05) is 0 Å². The van der Waals surface area contributed by atoms with Crippen LogP contribution in [0.25, 0.3) is 0 Å². The minimum atomic E-state index is -1.28. The van der Waals surface area contributed by atoms with Gasteiger partial charge in [-0.05, 0) is 52.7 Å². The average molecular weight is 340 g/mol. The number of aromatic carboxylic acids is 1. The van der Waals surface area contributed by atoms with Crippen molar-refractivity contribution in [1.82, 2.24) is 0 Å². The number of hydrogen-bond acceptors (Lipinski definition) is 4. The number of aromatic hydroxyl groups is 1. The molecule has 0 aliphatic rings. The Hall–Kier alpha value is -2.28. The van der Waals surface area contributed by atoms with E-state index in [0.717, 1.165) is 0 Å². The lowest BCUT2D eigenvalue weighted by atomic mass is 10.1. The number of benzene rings is 1. The van der Waals surface area contributed by atoms with Crippen LogP contribution in [0.15, 0.2) is 33.4 Å². The number of carboxylic acid groups (broad SMARTS) is 1. The number of halogens is 1. The van der Waals surface area contributed by atoms with E-state index in [0.29, 0.717) is 10.2 Å². The predicted octanol–water partition coefficient (Wildman–Crippen LogP) is 3.01. The van der Waals surface area contributed by atoms with Gasteiger partial charge in [-0.15, -0.1) is 0 Å². The SMILES string of the molecule is Cc1cc(NC(=O)c2ccc(Br)o2)cc(C(=O)O)c1O. The van der Waals surface area contributed by atoms with Gasteiger partial charge in [0.05, 0.1) is 0 Å². The van der Waals surface area contributed by atoms with Crippen molar-refractivity contribution < 1.29 is 24.2 Å². The Morgan fingerprint density at radius 1 is 1.30 bits per heavy atom. The van der Waals surface area contributed by atoms with Gasteiger partial charge in [0.25, 0.3) is 5.91 Å². The summed E-state index contributed by atoms with van der Waals surface area (Å²) in [5, 5.41) is 21.1. The van der Waals surface area contributed by atoms with E-state index in [2.05, 4.69) is 21.2 Å². The zero-order chi connectivity index (χ0) is 14.9. The molecule has 0 bridgehead atoms. The molecule has 1 aromatic carbocycles. The first-order valence-corrected chi connectivity index (χ1v) is 6.31. The van der Waals surface area contributed by atoms with Crippen molar-refractivity contribution in [2.75, 3.05) is 5.32 Å². The third kappa shape index (κ3) is 2.83. The number of amides is 1. The fourth-order valence-electron chi connectivity index (χ4n) is 1.64. The molecule has 6 nitrogen and oxygen atoms in total. The van der Waals surface area contributed by atoms with Gasteiger partial charge in [0.1, 0.15) is 11.3 Å². The summed E-state index contributed by atoms with van der Waals surface area (Å²) in [6, 6.07) is 5.70. The molecule has 2 aromatic rings. The Kier molecular flexibility index (Phi) is 3.80. The summed E-state index contributed by atoms with van der Waals surface area (Å²) in [5.41, 5.74) is 0.331. The van der Waals surface area contributed by atoms with E-state index in [9.17, 15) is 14.7 Å². The van der Waals surface area contributed by atoms with E-state index in [1.54, 1.807) is 13.0 Å². The molecule has 7 heteroatoms. The lowest BCUT2D eigenvalue weighted by Crippen LogP contribution is -2.12. The number of carbonyl (C=O) groups is 2. The lowest BCUT2D eigenvalue weighted by Gasteiger charge is -2.08. The summed E-state index contributed by atoms with van der Waals surface area (Å²) in [4.78, 5) is 22.9. The molecule has 1 aromatic heterocycles. The molecule has 1 amide bonds. The van der Waals surface area contributed by atoms with Crippen LogP contribution in [0.4, 0.5) is 5.69 Å². The van der Waals surface area contributed by atoms with E-state index in [-0.39, 0.29) is 22.8 Å². The third-order valence-corrected chi connectivity index (χ3v) is 3.01. The number of nitrogens with one attached hydrogen (secondary N) is 1. The first-order chi connectivity index (χ1) is 9.38. The maximum Gasteiger partial charge on any atom is 0.339 e. The minimum absolute atomic E-state index is 0.0829. The standard InChI is InChI=1S/C13H10BrNO5/c1-6-4-7(5-8(11(6)16)13(18)19)15-12(17)9-2-3-10(14)20-9/h2-5,16H,1H3,(H,15,17)(H,18,19). The molecule has 0 saturated heterocycles. The molecule has 0 saturated carbocycles. The number of furan rings is 1. The zero-order valence-corrected chi connectivity index (χ0v) is 11.9. The largest absolute Gasteiger partial charge is 0.507 e. The maximum absolute atomic E-state index is 11.9. The molecular weight excluding hydrogens is 330 g/mol. The maximum atomic E-state index is 11.9. The van der Waals surface area contributed by atoms with Crippen LogP contribution in [0.5, 0.6) is 5.75 Å². The molecule has 1 heterocycles. The molecule has 0 radical (unpaired) electrons. The molecule has 0 atom stereocenters. The fourth-order valence-corrected chi connectivity index (χ4v) is 1.95. The van der Waals surface area contributed by atoms with Gasteiger partial charge in [0.15, 0.2) is 10.4 Å². The number of carbonyl (C=O) groups excluding carboxylic acids is 1. The van der Waals surface area contributed by atoms with Crippen LogP contribution < -0.4 is 5.32 Å². The molecular formula is C13H10BrNO5. The van der Waals surface area contributed by atoms with Gasteiger partial charge in [0.2, 0.25) is 0 Å². The summed E-state index contributed by atoms with van der Waals surface area (Å²) in [6.07, 6.45) is 0. The fraction of sp³-hybridized carbons (Fsp3) is 0.0769. The molecule has 0 spiro atoms. The normalized spacial score (nSPS) is 10.3. The smallest absolute Gasteiger partial charge is 0.339 e. The van der Waals surface area contributed by atoms with Crippen molar-refractivity contribution in [3.05, 3.63) is 45.8 Å². The zero-order valence-electron chi connectivity index (χ0n) is 10.3. The van der Waals surface area contributed by atoms with Crippen LogP contribution in [0.3, 0.4) is 0 Å². The topological polar surface area (TPSA) is 99.8 Å². The van der Waals surface area contributed by atoms with Gasteiger partial charge < -0.3 is 19.9 Å². The summed E-state index contributed by atoms with van der Waals surface area (Å²) < 4.78 is 5.50. The van der Waals surface area contributed by atoms with Crippen LogP contribution in [-0.2, 0) is 0 Å². The van der Waals surface area contributed by atoms with Crippen LogP contribution >= 0.6 is 15.9 Å². The van der Waals surface area contributed by atoms with Crippen molar-refractivity contribution in [3.63, 3.8) is 0 Å². The first kappa shape index (κ1) is 14.1. The van der Waals surface area contributed by atoms with Gasteiger partial charge in [0, 0.05) is 5.69 Å². The number of rotatable bonds is 3. The second kappa shape index (κ2) is 5.38. The molecule has 0 fully saturated rings. The second-order valence-electron chi connectivity index (χ2n) is 4.05. The average Bonchev–Trinajstić information content (AvgIpc) is 2.80. The van der Waals surface area contributed by atoms with Gasteiger partial charge in [-0.25, -0.2) is 4.79 Å². The highest BCUT2D eigenvalue weighted by molar-refractivity contribution is 9.10. The van der Waals surface area contributed by atoms with Crippen LogP contribution in [0.2, 0.25) is 0 Å². The summed E-state index contributed by atoms with van der Waals surface area (Å²) in [6.45, 7) is 1.54. The van der Waals surface area contributed by atoms with Gasteiger partial charge >= 0.3 is 5.97 Å². The molecule has 20 heavy (non-hydrogen) atoms. The van der Waals surface area contributed by atoms with Crippen molar-refractivity contribution in [2.24, 2.45) is 0 Å². The van der Waals surface area contributed by atoms with E-state index in [1.165, 1.54) is 18.2 Å². The Morgan fingerprint density at radius 2 is 2.00 bits per heavy atom. The molecule has 0 unspecified atom stereocenters. The van der Waals surface area contributed by atoms with E-state index >= 15 is 0 Å². The van der Waals surface area contributed by atoms with Crippen molar-refractivity contribution in [2.45, 2.75) is 6.92 Å². The molecule has 0 aliphatic heterocycles. The van der Waals surface area contributed by atoms with Crippen molar-refractivity contribution in [3.8, 4) is 5.75 Å². The summed E-state index contributed by atoms with van der Waals surface area (Å²) >= 11 is 3.08. The van der Waals surface area contributed by atoms with Crippen molar-refractivity contribution in [1.29, 1.82) is 0 Å². The summed E-state index contributed by atoms with van der Waals surface area (Å²) in [5.74, 6) is -2.03. The van der Waals surface area contributed by atoms with Crippen LogP contribution in [0.1, 0.15) is 26.5 Å². The second-order valence-corrected chi connectivity index (χ2v) is 4.83. The van der Waals surface area contributed by atoms with Gasteiger partial charge in [-0.3, -0.25) is 4.79 Å². The van der Waals surface area contributed by atoms with E-state index < -0.39 is 11.9 Å². The molecule has 104 valence electrons. The number of anilines is 1. The van der Waals surface area contributed by atoms with Crippen LogP contribution in [-0.4, -0.2) is 22.1 Å². The van der Waals surface area contributed by atoms with E-state index in [4.69, 9.17) is 9.52 Å². The predicted molar refractivity (Wildman–Crippen MR) is 74.2 cm³/mol. The Bertz CT molecular complexity index is 692. The Labute approximate surface area is 122 Å². The Morgan fingerprint density at radius 3 is 2.55 bits per heavy atom. The summed E-state index contributed by atoms with van der Waals surface area (Å²) in [7, 11) is 0. The number of aryl methyl sites for hydroxylation is 1.